The lowest BCUT2D eigenvalue weighted by atomic mass is 10.3. The minimum absolute atomic E-state index is 0.0971. The zero-order valence-corrected chi connectivity index (χ0v) is 11.9. The van der Waals surface area contributed by atoms with Crippen LogP contribution in [0.15, 0.2) is 6.20 Å². The van der Waals surface area contributed by atoms with Crippen molar-refractivity contribution in [3.63, 3.8) is 0 Å². The molecule has 1 amide bonds. The summed E-state index contributed by atoms with van der Waals surface area (Å²) in [5.41, 5.74) is 2.33. The molecule has 1 aromatic heterocycles. The molecule has 0 bridgehead atoms. The van der Waals surface area contributed by atoms with E-state index in [-0.39, 0.29) is 11.9 Å². The lowest BCUT2D eigenvalue weighted by Gasteiger charge is -2.18. The molecule has 1 rings (SSSR count). The number of nitrogens with two attached hydrogens (primary N) is 1. The predicted octanol–water partition coefficient (Wildman–Crippen LogP) is 1.09. The van der Waals surface area contributed by atoms with E-state index in [4.69, 9.17) is 17.4 Å². The first-order valence-electron chi connectivity index (χ1n) is 6.13. The summed E-state index contributed by atoms with van der Waals surface area (Å²) >= 11 is 5.93. The number of hydrogen-bond donors (Lipinski definition) is 3. The quantitative estimate of drug-likeness (QED) is 0.513. The van der Waals surface area contributed by atoms with Crippen LogP contribution in [-0.2, 0) is 4.79 Å². The topological polar surface area (TPSA) is 96.2 Å². The molecule has 1 aromatic rings. The highest BCUT2D eigenvalue weighted by Crippen LogP contribution is 2.18. The van der Waals surface area contributed by atoms with E-state index in [9.17, 15) is 4.79 Å². The van der Waals surface area contributed by atoms with E-state index in [0.717, 1.165) is 0 Å². The zero-order valence-electron chi connectivity index (χ0n) is 11.1. The summed E-state index contributed by atoms with van der Waals surface area (Å²) in [4.78, 5) is 21.5. The maximum atomic E-state index is 11.8. The molecule has 0 aliphatic carbocycles. The van der Waals surface area contributed by atoms with E-state index in [1.54, 1.807) is 4.90 Å². The van der Waals surface area contributed by atoms with Gasteiger partial charge in [-0.25, -0.2) is 10.8 Å². The highest BCUT2D eigenvalue weighted by Gasteiger charge is 2.10. The predicted molar refractivity (Wildman–Crippen MR) is 75.9 cm³/mol. The van der Waals surface area contributed by atoms with Gasteiger partial charge in [-0.05, 0) is 13.8 Å². The van der Waals surface area contributed by atoms with Gasteiger partial charge in [0.15, 0.2) is 5.82 Å². The highest BCUT2D eigenvalue weighted by atomic mass is 35.5. The largest absolute Gasteiger partial charge is 0.368 e. The second-order valence-electron chi connectivity index (χ2n) is 3.78. The molecule has 0 aliphatic heterocycles. The van der Waals surface area contributed by atoms with Crippen LogP contribution in [-0.4, -0.2) is 40.4 Å². The first-order valence-corrected chi connectivity index (χ1v) is 6.50. The number of hydrogen-bond acceptors (Lipinski definition) is 6. The van der Waals surface area contributed by atoms with Crippen molar-refractivity contribution in [3.05, 3.63) is 11.2 Å². The summed E-state index contributed by atoms with van der Waals surface area (Å²) in [5.74, 6) is 6.03. The number of anilines is 2. The lowest BCUT2D eigenvalue weighted by molar-refractivity contribution is -0.130. The minimum Gasteiger partial charge on any atom is -0.368 e. The number of nitrogens with zero attached hydrogens (tertiary/aromatic N) is 3. The van der Waals surface area contributed by atoms with Gasteiger partial charge < -0.3 is 10.2 Å². The van der Waals surface area contributed by atoms with Crippen LogP contribution in [0.5, 0.6) is 0 Å². The van der Waals surface area contributed by atoms with Gasteiger partial charge in [-0.1, -0.05) is 11.6 Å². The molecular formula is C11H19ClN6O. The number of halogens is 1. The number of nitrogen functional groups attached to an aromatic ring is 1. The van der Waals surface area contributed by atoms with Gasteiger partial charge >= 0.3 is 0 Å². The maximum absolute atomic E-state index is 11.8. The van der Waals surface area contributed by atoms with Crippen LogP contribution >= 0.6 is 11.6 Å². The molecule has 19 heavy (non-hydrogen) atoms. The Balaban J connectivity index is 2.51. The number of amides is 1. The van der Waals surface area contributed by atoms with Crippen LogP contribution in [0.1, 0.15) is 20.3 Å². The van der Waals surface area contributed by atoms with E-state index in [1.165, 1.54) is 6.20 Å². The summed E-state index contributed by atoms with van der Waals surface area (Å²) in [5, 5.41) is 3.38. The smallest absolute Gasteiger partial charge is 0.239 e. The standard InChI is InChI=1S/C11H19ClN6O/c1-3-18(4-2)9(19)5-6-14-10-8(12)7-15-11(16-10)17-13/h7H,3-6,13H2,1-2H3,(H2,14,15,16,17). The van der Waals surface area contributed by atoms with Crippen molar-refractivity contribution in [2.45, 2.75) is 20.3 Å². The summed E-state index contributed by atoms with van der Waals surface area (Å²) in [6.07, 6.45) is 1.83. The third-order valence-corrected chi connectivity index (χ3v) is 2.90. The van der Waals surface area contributed by atoms with Crippen molar-refractivity contribution in [1.29, 1.82) is 0 Å². The second kappa shape index (κ2) is 7.75. The number of nitrogens with one attached hydrogen (secondary N) is 2. The molecule has 0 aromatic carbocycles. The van der Waals surface area contributed by atoms with Gasteiger partial charge in [-0.15, -0.1) is 0 Å². The first-order chi connectivity index (χ1) is 9.12. The Bertz CT molecular complexity index is 424. The fraction of sp³-hybridized carbons (Fsp3) is 0.545. The van der Waals surface area contributed by atoms with Crippen molar-refractivity contribution in [2.75, 3.05) is 30.4 Å². The Morgan fingerprint density at radius 3 is 2.74 bits per heavy atom. The number of carbonyl (C=O) groups excluding carboxylic acids is 1. The fourth-order valence-electron chi connectivity index (χ4n) is 1.58. The van der Waals surface area contributed by atoms with Crippen LogP contribution in [0.4, 0.5) is 11.8 Å². The van der Waals surface area contributed by atoms with Crippen LogP contribution in [0.25, 0.3) is 0 Å². The molecule has 106 valence electrons. The van der Waals surface area contributed by atoms with E-state index >= 15 is 0 Å². The Labute approximate surface area is 117 Å². The molecular weight excluding hydrogens is 268 g/mol. The minimum atomic E-state index is 0.0971. The van der Waals surface area contributed by atoms with Gasteiger partial charge in [0.05, 0.1) is 6.20 Å². The third-order valence-electron chi connectivity index (χ3n) is 2.62. The lowest BCUT2D eigenvalue weighted by Crippen LogP contribution is -2.31. The van der Waals surface area contributed by atoms with Crippen LogP contribution < -0.4 is 16.6 Å². The molecule has 0 fully saturated rings. The SMILES string of the molecule is CCN(CC)C(=O)CCNc1nc(NN)ncc1Cl. The third kappa shape index (κ3) is 4.53. The van der Waals surface area contributed by atoms with E-state index in [2.05, 4.69) is 20.7 Å². The maximum Gasteiger partial charge on any atom is 0.239 e. The average molecular weight is 287 g/mol. The second-order valence-corrected chi connectivity index (χ2v) is 4.18. The monoisotopic (exact) mass is 286 g/mol. The van der Waals surface area contributed by atoms with Crippen molar-refractivity contribution in [2.24, 2.45) is 5.84 Å². The number of rotatable bonds is 7. The normalized spacial score (nSPS) is 10.1. The molecule has 0 saturated carbocycles. The molecule has 1 heterocycles. The van der Waals surface area contributed by atoms with Crippen LogP contribution in [0.2, 0.25) is 5.02 Å². The van der Waals surface area contributed by atoms with Crippen molar-refractivity contribution < 1.29 is 4.79 Å². The molecule has 0 saturated heterocycles. The van der Waals surface area contributed by atoms with Crippen molar-refractivity contribution >= 4 is 29.3 Å². The van der Waals surface area contributed by atoms with Crippen LogP contribution in [0, 0.1) is 0 Å². The number of aromatic nitrogens is 2. The van der Waals surface area contributed by atoms with E-state index in [1.807, 2.05) is 13.8 Å². The zero-order chi connectivity index (χ0) is 14.3. The molecule has 7 nitrogen and oxygen atoms in total. The fourth-order valence-corrected chi connectivity index (χ4v) is 1.74. The van der Waals surface area contributed by atoms with Gasteiger partial charge in [0.1, 0.15) is 5.02 Å². The summed E-state index contributed by atoms with van der Waals surface area (Å²) in [6, 6.07) is 0. The van der Waals surface area contributed by atoms with E-state index in [0.29, 0.717) is 36.9 Å². The summed E-state index contributed by atoms with van der Waals surface area (Å²) in [7, 11) is 0. The first kappa shape index (κ1) is 15.5. The van der Waals surface area contributed by atoms with Gasteiger partial charge in [-0.2, -0.15) is 4.98 Å². The molecule has 0 radical (unpaired) electrons. The van der Waals surface area contributed by atoms with Crippen molar-refractivity contribution in [1.82, 2.24) is 14.9 Å². The molecule has 0 unspecified atom stereocenters. The Morgan fingerprint density at radius 1 is 1.47 bits per heavy atom. The summed E-state index contributed by atoms with van der Waals surface area (Å²) in [6.45, 7) is 5.79. The van der Waals surface area contributed by atoms with Crippen molar-refractivity contribution in [3.8, 4) is 0 Å². The van der Waals surface area contributed by atoms with E-state index < -0.39 is 0 Å². The average Bonchev–Trinajstić information content (AvgIpc) is 2.42. The van der Waals surface area contributed by atoms with Gasteiger partial charge in [-0.3, -0.25) is 10.2 Å². The molecule has 0 atom stereocenters. The van der Waals surface area contributed by atoms with Gasteiger partial charge in [0.2, 0.25) is 11.9 Å². The number of hydrazine groups is 1. The van der Waals surface area contributed by atoms with Gasteiger partial charge in [0, 0.05) is 26.1 Å². The Morgan fingerprint density at radius 2 is 2.16 bits per heavy atom. The Kier molecular flexibility index (Phi) is 6.31. The highest BCUT2D eigenvalue weighted by molar-refractivity contribution is 6.32. The summed E-state index contributed by atoms with van der Waals surface area (Å²) < 4.78 is 0. The molecule has 8 heteroatoms. The van der Waals surface area contributed by atoms with Gasteiger partial charge in [0.25, 0.3) is 0 Å². The number of carbonyl (C=O) groups is 1. The molecule has 0 spiro atoms. The van der Waals surface area contributed by atoms with Crippen LogP contribution in [0.3, 0.4) is 0 Å². The molecule has 4 N–H and O–H groups in total. The Hall–Kier alpha value is -1.60. The molecule has 0 aliphatic rings.